The highest BCUT2D eigenvalue weighted by molar-refractivity contribution is 5.20. The number of halogens is 3. The molecule has 7 heteroatoms. The Morgan fingerprint density at radius 1 is 1.50 bits per heavy atom. The summed E-state index contributed by atoms with van der Waals surface area (Å²) in [6.45, 7) is 5.09. The van der Waals surface area contributed by atoms with Crippen molar-refractivity contribution < 1.29 is 13.2 Å². The van der Waals surface area contributed by atoms with E-state index < -0.39 is 11.9 Å². The summed E-state index contributed by atoms with van der Waals surface area (Å²) < 4.78 is 39.9. The van der Waals surface area contributed by atoms with Crippen LogP contribution >= 0.6 is 0 Å². The van der Waals surface area contributed by atoms with E-state index in [0.29, 0.717) is 0 Å². The average molecular weight is 290 g/mol. The minimum atomic E-state index is -4.39. The molecule has 0 saturated carbocycles. The lowest BCUT2D eigenvalue weighted by molar-refractivity contribution is -0.142. The van der Waals surface area contributed by atoms with E-state index in [1.807, 2.05) is 11.9 Å². The third-order valence-corrected chi connectivity index (χ3v) is 3.72. The van der Waals surface area contributed by atoms with E-state index in [0.717, 1.165) is 26.1 Å². The Labute approximate surface area is 116 Å². The van der Waals surface area contributed by atoms with Crippen LogP contribution in [0.3, 0.4) is 0 Å². The Morgan fingerprint density at radius 3 is 2.75 bits per heavy atom. The van der Waals surface area contributed by atoms with E-state index in [1.165, 1.54) is 17.9 Å². The van der Waals surface area contributed by atoms with Gasteiger partial charge in [-0.2, -0.15) is 18.3 Å². The van der Waals surface area contributed by atoms with Gasteiger partial charge in [0.25, 0.3) is 0 Å². The normalized spacial score (nSPS) is 23.8. The number of nitrogens with zero attached hydrogens (tertiary/aromatic N) is 3. The molecule has 4 nitrogen and oxygen atoms in total. The highest BCUT2D eigenvalue weighted by atomic mass is 19.4. The second kappa shape index (κ2) is 5.37. The van der Waals surface area contributed by atoms with Crippen LogP contribution in [-0.4, -0.2) is 41.4 Å². The first kappa shape index (κ1) is 15.3. The van der Waals surface area contributed by atoms with E-state index in [2.05, 4.69) is 17.3 Å². The van der Waals surface area contributed by atoms with Crippen LogP contribution in [0, 0.1) is 5.41 Å². The van der Waals surface area contributed by atoms with E-state index in [9.17, 15) is 13.2 Å². The van der Waals surface area contributed by atoms with Gasteiger partial charge in [-0.05, 0) is 25.4 Å². The molecule has 1 atom stereocenters. The summed E-state index contributed by atoms with van der Waals surface area (Å²) in [6.07, 6.45) is -1.89. The van der Waals surface area contributed by atoms with Crippen LogP contribution in [0.15, 0.2) is 6.20 Å². The van der Waals surface area contributed by atoms with E-state index >= 15 is 0 Å². The van der Waals surface area contributed by atoms with Gasteiger partial charge in [0.1, 0.15) is 0 Å². The molecule has 0 amide bonds. The van der Waals surface area contributed by atoms with Gasteiger partial charge in [-0.25, -0.2) is 0 Å². The molecular formula is C13H21F3N4. The summed E-state index contributed by atoms with van der Waals surface area (Å²) in [5.74, 6) is 0. The first-order valence-corrected chi connectivity index (χ1v) is 6.69. The monoisotopic (exact) mass is 290 g/mol. The number of aryl methyl sites for hydroxylation is 1. The van der Waals surface area contributed by atoms with Gasteiger partial charge in [-0.15, -0.1) is 0 Å². The lowest BCUT2D eigenvalue weighted by Crippen LogP contribution is -2.35. The van der Waals surface area contributed by atoms with Gasteiger partial charge in [0, 0.05) is 38.4 Å². The summed E-state index contributed by atoms with van der Waals surface area (Å²) in [7, 11) is 3.37. The minimum Gasteiger partial charge on any atom is -0.316 e. The summed E-state index contributed by atoms with van der Waals surface area (Å²) in [5, 5.41) is 6.84. The van der Waals surface area contributed by atoms with Crippen LogP contribution < -0.4 is 5.32 Å². The maximum Gasteiger partial charge on any atom is 0.435 e. The topological polar surface area (TPSA) is 33.1 Å². The molecule has 1 N–H and O–H groups in total. The van der Waals surface area contributed by atoms with Crippen LogP contribution in [0.1, 0.15) is 24.6 Å². The lowest BCUT2D eigenvalue weighted by Gasteiger charge is -2.29. The molecule has 1 aromatic heterocycles. The molecule has 0 spiro atoms. The van der Waals surface area contributed by atoms with Crippen molar-refractivity contribution in [1.82, 2.24) is 20.0 Å². The molecule has 1 aliphatic rings. The third kappa shape index (κ3) is 3.52. The molecule has 1 aromatic rings. The summed E-state index contributed by atoms with van der Waals surface area (Å²) in [6, 6.07) is 0. The lowest BCUT2D eigenvalue weighted by atomic mass is 9.89. The zero-order chi connectivity index (χ0) is 15.0. The van der Waals surface area contributed by atoms with Crippen molar-refractivity contribution in [1.29, 1.82) is 0 Å². The number of hydrogen-bond acceptors (Lipinski definition) is 3. The summed E-state index contributed by atoms with van der Waals surface area (Å²) in [5.41, 5.74) is -0.409. The third-order valence-electron chi connectivity index (χ3n) is 3.72. The molecule has 114 valence electrons. The number of alkyl halides is 3. The van der Waals surface area contributed by atoms with Gasteiger partial charge >= 0.3 is 6.18 Å². The van der Waals surface area contributed by atoms with E-state index in [4.69, 9.17) is 0 Å². The molecule has 1 aliphatic heterocycles. The number of aromatic nitrogens is 2. The molecular weight excluding hydrogens is 269 g/mol. The second-order valence-electron chi connectivity index (χ2n) is 6.08. The largest absolute Gasteiger partial charge is 0.435 e. The zero-order valence-corrected chi connectivity index (χ0v) is 12.1. The fourth-order valence-corrected chi connectivity index (χ4v) is 2.89. The maximum atomic E-state index is 12.9. The predicted molar refractivity (Wildman–Crippen MR) is 70.1 cm³/mol. The van der Waals surface area contributed by atoms with Gasteiger partial charge in [0.05, 0.1) is 0 Å². The van der Waals surface area contributed by atoms with Crippen molar-refractivity contribution in [3.63, 3.8) is 0 Å². The summed E-state index contributed by atoms with van der Waals surface area (Å²) in [4.78, 5) is 1.94. The fraction of sp³-hybridized carbons (Fsp3) is 0.769. The van der Waals surface area contributed by atoms with Crippen molar-refractivity contribution in [2.75, 3.05) is 26.7 Å². The van der Waals surface area contributed by atoms with Crippen LogP contribution in [0.25, 0.3) is 0 Å². The molecule has 1 fully saturated rings. The SMILES string of the molecule is CN(Cc1cn(C)nc1C(F)(F)F)CC1(C)CCNC1. The van der Waals surface area contributed by atoms with Gasteiger partial charge in [-0.1, -0.05) is 6.92 Å². The van der Waals surface area contributed by atoms with Gasteiger partial charge in [-0.3, -0.25) is 4.68 Å². The van der Waals surface area contributed by atoms with Crippen LogP contribution in [0.2, 0.25) is 0 Å². The van der Waals surface area contributed by atoms with Gasteiger partial charge in [0.2, 0.25) is 0 Å². The highest BCUT2D eigenvalue weighted by Crippen LogP contribution is 2.32. The van der Waals surface area contributed by atoms with Crippen LogP contribution in [0.4, 0.5) is 13.2 Å². The minimum absolute atomic E-state index is 0.134. The highest BCUT2D eigenvalue weighted by Gasteiger charge is 2.37. The molecule has 0 radical (unpaired) electrons. The first-order chi connectivity index (χ1) is 9.20. The van der Waals surface area contributed by atoms with Crippen molar-refractivity contribution in [2.45, 2.75) is 26.1 Å². The van der Waals surface area contributed by atoms with E-state index in [-0.39, 0.29) is 17.5 Å². The number of rotatable bonds is 4. The summed E-state index contributed by atoms with van der Waals surface area (Å²) >= 11 is 0. The average Bonchev–Trinajstić information content (AvgIpc) is 2.84. The predicted octanol–water partition coefficient (Wildman–Crippen LogP) is 1.87. The first-order valence-electron chi connectivity index (χ1n) is 6.69. The maximum absolute atomic E-state index is 12.9. The van der Waals surface area contributed by atoms with Crippen molar-refractivity contribution >= 4 is 0 Å². The number of hydrogen-bond donors (Lipinski definition) is 1. The molecule has 20 heavy (non-hydrogen) atoms. The Kier molecular flexibility index (Phi) is 4.11. The zero-order valence-electron chi connectivity index (χ0n) is 12.1. The molecule has 1 unspecified atom stereocenters. The quantitative estimate of drug-likeness (QED) is 0.919. The van der Waals surface area contributed by atoms with Gasteiger partial charge < -0.3 is 10.2 Å². The molecule has 2 rings (SSSR count). The Hall–Kier alpha value is -1.08. The number of nitrogens with one attached hydrogen (secondary N) is 1. The Balaban J connectivity index is 2.06. The molecule has 0 aliphatic carbocycles. The Morgan fingerprint density at radius 2 is 2.20 bits per heavy atom. The fourth-order valence-electron chi connectivity index (χ4n) is 2.89. The van der Waals surface area contributed by atoms with Crippen LogP contribution in [-0.2, 0) is 19.8 Å². The Bertz CT molecular complexity index is 461. The molecule has 1 saturated heterocycles. The van der Waals surface area contributed by atoms with Crippen molar-refractivity contribution in [3.05, 3.63) is 17.5 Å². The molecule has 2 heterocycles. The van der Waals surface area contributed by atoms with Gasteiger partial charge in [0.15, 0.2) is 5.69 Å². The van der Waals surface area contributed by atoms with E-state index in [1.54, 1.807) is 0 Å². The van der Waals surface area contributed by atoms with Crippen molar-refractivity contribution in [2.24, 2.45) is 12.5 Å². The van der Waals surface area contributed by atoms with Crippen LogP contribution in [0.5, 0.6) is 0 Å². The smallest absolute Gasteiger partial charge is 0.316 e. The van der Waals surface area contributed by atoms with Crippen molar-refractivity contribution in [3.8, 4) is 0 Å². The molecule has 0 aromatic carbocycles. The second-order valence-corrected chi connectivity index (χ2v) is 6.08. The molecule has 0 bridgehead atoms. The standard InChI is InChI=1S/C13H21F3N4/c1-12(4-5-17-8-12)9-19(2)6-10-7-20(3)18-11(10)13(14,15)16/h7,17H,4-6,8-9H2,1-3H3.